The van der Waals surface area contributed by atoms with Crippen LogP contribution in [0, 0.1) is 11.8 Å². The normalized spacial score (nSPS) is 20.9. The van der Waals surface area contributed by atoms with Crippen molar-refractivity contribution in [1.82, 2.24) is 0 Å². The van der Waals surface area contributed by atoms with Gasteiger partial charge in [0.2, 0.25) is 0 Å². The van der Waals surface area contributed by atoms with Crippen LogP contribution in [0.2, 0.25) is 0 Å². The lowest BCUT2D eigenvalue weighted by molar-refractivity contribution is -0.152. The molecule has 1 aliphatic heterocycles. The van der Waals surface area contributed by atoms with Gasteiger partial charge in [0.05, 0.1) is 25.0 Å². The minimum atomic E-state index is -0.278. The van der Waals surface area contributed by atoms with E-state index in [-0.39, 0.29) is 29.9 Å². The molecule has 0 N–H and O–H groups in total. The standard InChI is InChI=1S/C13H22O5/c1-4-10(6-9(3)12(14)16-5-2)13(15)18-8-11-7-17-11/h9-11H,4-8H2,1-3H3. The summed E-state index contributed by atoms with van der Waals surface area (Å²) in [7, 11) is 0. The minimum Gasteiger partial charge on any atom is -0.466 e. The summed E-state index contributed by atoms with van der Waals surface area (Å²) in [4.78, 5) is 23.3. The first-order valence-corrected chi connectivity index (χ1v) is 6.53. The van der Waals surface area contributed by atoms with E-state index in [0.717, 1.165) is 0 Å². The monoisotopic (exact) mass is 258 g/mol. The molecule has 0 aliphatic carbocycles. The van der Waals surface area contributed by atoms with Crippen molar-refractivity contribution in [2.45, 2.75) is 39.7 Å². The predicted molar refractivity (Wildman–Crippen MR) is 64.9 cm³/mol. The summed E-state index contributed by atoms with van der Waals surface area (Å²) in [5, 5.41) is 0. The molecular weight excluding hydrogens is 236 g/mol. The van der Waals surface area contributed by atoms with Crippen molar-refractivity contribution in [2.24, 2.45) is 11.8 Å². The zero-order chi connectivity index (χ0) is 13.5. The van der Waals surface area contributed by atoms with Crippen LogP contribution in [0.25, 0.3) is 0 Å². The predicted octanol–water partition coefficient (Wildman–Crippen LogP) is 1.54. The van der Waals surface area contributed by atoms with Crippen LogP contribution in [0.4, 0.5) is 0 Å². The van der Waals surface area contributed by atoms with Crippen LogP contribution in [0.15, 0.2) is 0 Å². The summed E-state index contributed by atoms with van der Waals surface area (Å²) < 4.78 is 15.0. The van der Waals surface area contributed by atoms with Crippen molar-refractivity contribution in [3.8, 4) is 0 Å². The van der Waals surface area contributed by atoms with E-state index in [0.29, 0.717) is 32.7 Å². The first kappa shape index (κ1) is 15.0. The fourth-order valence-electron chi connectivity index (χ4n) is 1.69. The zero-order valence-corrected chi connectivity index (χ0v) is 11.3. The lowest BCUT2D eigenvalue weighted by atomic mass is 9.94. The molecule has 104 valence electrons. The molecule has 1 aliphatic rings. The topological polar surface area (TPSA) is 65.1 Å². The van der Waals surface area contributed by atoms with E-state index in [1.165, 1.54) is 0 Å². The summed E-state index contributed by atoms with van der Waals surface area (Å²) in [6.07, 6.45) is 1.21. The number of rotatable bonds is 8. The van der Waals surface area contributed by atoms with E-state index < -0.39 is 0 Å². The molecule has 3 atom stereocenters. The highest BCUT2D eigenvalue weighted by Gasteiger charge is 2.28. The molecule has 1 heterocycles. The second-order valence-corrected chi connectivity index (χ2v) is 4.58. The van der Waals surface area contributed by atoms with E-state index in [9.17, 15) is 9.59 Å². The van der Waals surface area contributed by atoms with Crippen molar-refractivity contribution in [1.29, 1.82) is 0 Å². The minimum absolute atomic E-state index is 0.0777. The van der Waals surface area contributed by atoms with Crippen molar-refractivity contribution >= 4 is 11.9 Å². The first-order valence-electron chi connectivity index (χ1n) is 6.53. The summed E-state index contributed by atoms with van der Waals surface area (Å²) in [6, 6.07) is 0. The largest absolute Gasteiger partial charge is 0.466 e. The van der Waals surface area contributed by atoms with Gasteiger partial charge < -0.3 is 14.2 Å². The fourth-order valence-corrected chi connectivity index (χ4v) is 1.69. The van der Waals surface area contributed by atoms with Gasteiger partial charge in [-0.2, -0.15) is 0 Å². The Morgan fingerprint density at radius 2 is 1.94 bits per heavy atom. The van der Waals surface area contributed by atoms with Crippen LogP contribution in [0.1, 0.15) is 33.6 Å². The molecule has 1 rings (SSSR count). The van der Waals surface area contributed by atoms with E-state index in [1.807, 2.05) is 6.92 Å². The summed E-state index contributed by atoms with van der Waals surface area (Å²) in [5.74, 6) is -1.03. The third-order valence-corrected chi connectivity index (χ3v) is 2.97. The lowest BCUT2D eigenvalue weighted by Crippen LogP contribution is -2.25. The van der Waals surface area contributed by atoms with Crippen LogP contribution >= 0.6 is 0 Å². The molecule has 5 heteroatoms. The Morgan fingerprint density at radius 1 is 1.28 bits per heavy atom. The Kier molecular flexibility index (Phi) is 6.12. The number of ether oxygens (including phenoxy) is 3. The van der Waals surface area contributed by atoms with Gasteiger partial charge in [0.1, 0.15) is 12.7 Å². The number of epoxide rings is 1. The molecule has 1 fully saturated rings. The third kappa shape index (κ3) is 5.04. The Labute approximate surface area is 108 Å². The molecule has 0 bridgehead atoms. The van der Waals surface area contributed by atoms with Gasteiger partial charge in [-0.1, -0.05) is 13.8 Å². The molecule has 18 heavy (non-hydrogen) atoms. The zero-order valence-electron chi connectivity index (χ0n) is 11.3. The van der Waals surface area contributed by atoms with Crippen LogP contribution in [-0.2, 0) is 23.8 Å². The quantitative estimate of drug-likeness (QED) is 0.488. The van der Waals surface area contributed by atoms with Crippen LogP contribution in [0.5, 0.6) is 0 Å². The summed E-state index contributed by atoms with van der Waals surface area (Å²) in [6.45, 7) is 6.82. The van der Waals surface area contributed by atoms with Crippen LogP contribution in [-0.4, -0.2) is 37.9 Å². The Balaban J connectivity index is 2.33. The third-order valence-electron chi connectivity index (χ3n) is 2.97. The maximum atomic E-state index is 11.8. The van der Waals surface area contributed by atoms with Crippen molar-refractivity contribution in [3.63, 3.8) is 0 Å². The average molecular weight is 258 g/mol. The highest BCUT2D eigenvalue weighted by Crippen LogP contribution is 2.19. The van der Waals surface area contributed by atoms with E-state index in [1.54, 1.807) is 13.8 Å². The van der Waals surface area contributed by atoms with Crippen molar-refractivity contribution < 1.29 is 23.8 Å². The number of carbonyl (C=O) groups is 2. The average Bonchev–Trinajstić information content (AvgIpc) is 3.16. The highest BCUT2D eigenvalue weighted by atomic mass is 16.6. The van der Waals surface area contributed by atoms with Gasteiger partial charge in [0.15, 0.2) is 0 Å². The molecule has 0 spiro atoms. The molecule has 0 aromatic rings. The first-order chi connectivity index (χ1) is 8.58. The van der Waals surface area contributed by atoms with Gasteiger partial charge in [-0.05, 0) is 19.8 Å². The van der Waals surface area contributed by atoms with Gasteiger partial charge in [-0.25, -0.2) is 0 Å². The number of hydrogen-bond donors (Lipinski definition) is 0. The van der Waals surface area contributed by atoms with Crippen molar-refractivity contribution in [3.05, 3.63) is 0 Å². The molecule has 1 saturated heterocycles. The Hall–Kier alpha value is -1.10. The van der Waals surface area contributed by atoms with Gasteiger partial charge in [-0.15, -0.1) is 0 Å². The van der Waals surface area contributed by atoms with Gasteiger partial charge >= 0.3 is 11.9 Å². The summed E-state index contributed by atoms with van der Waals surface area (Å²) >= 11 is 0. The van der Waals surface area contributed by atoms with Gasteiger partial charge in [0.25, 0.3) is 0 Å². The highest BCUT2D eigenvalue weighted by molar-refractivity contribution is 5.75. The van der Waals surface area contributed by atoms with E-state index >= 15 is 0 Å². The number of esters is 2. The molecule has 0 aromatic heterocycles. The molecule has 0 amide bonds. The van der Waals surface area contributed by atoms with Crippen molar-refractivity contribution in [2.75, 3.05) is 19.8 Å². The fraction of sp³-hybridized carbons (Fsp3) is 0.846. The Morgan fingerprint density at radius 3 is 2.44 bits per heavy atom. The van der Waals surface area contributed by atoms with Crippen LogP contribution in [0.3, 0.4) is 0 Å². The lowest BCUT2D eigenvalue weighted by Gasteiger charge is -2.17. The summed E-state index contributed by atoms with van der Waals surface area (Å²) in [5.41, 5.74) is 0. The smallest absolute Gasteiger partial charge is 0.309 e. The second-order valence-electron chi connectivity index (χ2n) is 4.58. The molecule has 0 aromatic carbocycles. The number of hydrogen-bond acceptors (Lipinski definition) is 5. The maximum Gasteiger partial charge on any atom is 0.309 e. The Bertz CT molecular complexity index is 285. The SMILES string of the molecule is CCOC(=O)C(C)CC(CC)C(=O)OCC1CO1. The van der Waals surface area contributed by atoms with Gasteiger partial charge in [-0.3, -0.25) is 9.59 Å². The van der Waals surface area contributed by atoms with Gasteiger partial charge in [0, 0.05) is 0 Å². The van der Waals surface area contributed by atoms with E-state index in [2.05, 4.69) is 0 Å². The molecule has 3 unspecified atom stereocenters. The van der Waals surface area contributed by atoms with E-state index in [4.69, 9.17) is 14.2 Å². The number of carbonyl (C=O) groups excluding carboxylic acids is 2. The second kappa shape index (κ2) is 7.36. The van der Waals surface area contributed by atoms with Crippen LogP contribution < -0.4 is 0 Å². The molecule has 5 nitrogen and oxygen atoms in total. The maximum absolute atomic E-state index is 11.8. The molecule has 0 radical (unpaired) electrons. The molecular formula is C13H22O5. The molecule has 0 saturated carbocycles.